The molecule has 0 saturated carbocycles. The summed E-state index contributed by atoms with van der Waals surface area (Å²) in [6, 6.07) is 33.6. The lowest BCUT2D eigenvalue weighted by atomic mass is 9.98. The molecule has 2 atom stereocenters. The SMILES string of the molecule is O=C[C@H](Cc1ccccc1)NN(C(=O)OCC1c2ccccc2-c2ccccc21)[C@H](C=O)Cc1ccccc1. The molecular weight excluding hydrogens is 488 g/mol. The third-order valence-corrected chi connectivity index (χ3v) is 7.08. The molecule has 196 valence electrons. The first-order valence-corrected chi connectivity index (χ1v) is 13.1. The van der Waals surface area contributed by atoms with Crippen LogP contribution in [0.4, 0.5) is 4.79 Å². The van der Waals surface area contributed by atoms with E-state index in [0.29, 0.717) is 12.7 Å². The Hall–Kier alpha value is -4.55. The summed E-state index contributed by atoms with van der Waals surface area (Å²) in [4.78, 5) is 37.9. The second kappa shape index (κ2) is 12.3. The van der Waals surface area contributed by atoms with E-state index in [4.69, 9.17) is 4.74 Å². The van der Waals surface area contributed by atoms with Crippen LogP contribution in [0.1, 0.15) is 28.2 Å². The molecule has 0 aromatic heterocycles. The molecule has 0 fully saturated rings. The number of rotatable bonds is 11. The summed E-state index contributed by atoms with van der Waals surface area (Å²) in [5.41, 5.74) is 9.26. The van der Waals surface area contributed by atoms with Crippen LogP contribution in [0.5, 0.6) is 0 Å². The number of hydrogen-bond donors (Lipinski definition) is 1. The minimum atomic E-state index is -0.874. The number of carbonyl (C=O) groups is 3. The maximum Gasteiger partial charge on any atom is 0.424 e. The normalized spacial score (nSPS) is 13.5. The van der Waals surface area contributed by atoms with Crippen LogP contribution < -0.4 is 5.43 Å². The molecule has 4 aromatic rings. The van der Waals surface area contributed by atoms with E-state index in [1.807, 2.05) is 84.9 Å². The van der Waals surface area contributed by atoms with E-state index in [2.05, 4.69) is 29.7 Å². The highest BCUT2D eigenvalue weighted by Gasteiger charge is 2.32. The second-order valence-corrected chi connectivity index (χ2v) is 9.63. The number of carbonyl (C=O) groups excluding carboxylic acids is 3. The molecule has 4 aromatic carbocycles. The Morgan fingerprint density at radius 1 is 0.718 bits per heavy atom. The van der Waals surface area contributed by atoms with Crippen LogP contribution in [0.3, 0.4) is 0 Å². The average Bonchev–Trinajstić information content (AvgIpc) is 3.31. The number of hydrogen-bond acceptors (Lipinski definition) is 5. The van der Waals surface area contributed by atoms with Crippen LogP contribution in [0.25, 0.3) is 11.1 Å². The molecule has 1 aliphatic carbocycles. The standard InChI is InChI=1S/C33H30N2O4/c36-21-26(19-24-11-3-1-4-12-24)34-35(27(22-37)20-25-13-5-2-6-14-25)33(38)39-23-32-30-17-9-7-15-28(30)29-16-8-10-18-31(29)32/h1-18,21-22,26-27,32,34H,19-20,23H2/t26-,27-/m0/s1. The van der Waals surface area contributed by atoms with E-state index in [9.17, 15) is 14.4 Å². The zero-order chi connectivity index (χ0) is 27.0. The summed E-state index contributed by atoms with van der Waals surface area (Å²) in [5.74, 6) is -0.127. The molecule has 0 unspecified atom stereocenters. The fraction of sp³-hybridized carbons (Fsp3) is 0.182. The maximum absolute atomic E-state index is 13.6. The van der Waals surface area contributed by atoms with Crippen molar-refractivity contribution in [3.05, 3.63) is 131 Å². The highest BCUT2D eigenvalue weighted by molar-refractivity contribution is 5.79. The third-order valence-electron chi connectivity index (χ3n) is 7.08. The number of benzene rings is 4. The minimum absolute atomic E-state index is 0.104. The van der Waals surface area contributed by atoms with Crippen molar-refractivity contribution in [2.45, 2.75) is 30.8 Å². The van der Waals surface area contributed by atoms with Crippen LogP contribution in [-0.2, 0) is 27.2 Å². The lowest BCUT2D eigenvalue weighted by Gasteiger charge is -2.31. The number of nitrogens with zero attached hydrogens (tertiary/aromatic N) is 1. The Balaban J connectivity index is 1.37. The van der Waals surface area contributed by atoms with Gasteiger partial charge in [-0.1, -0.05) is 109 Å². The molecular formula is C33H30N2O4. The van der Waals surface area contributed by atoms with E-state index in [1.54, 1.807) is 0 Å². The van der Waals surface area contributed by atoms with E-state index in [-0.39, 0.29) is 18.9 Å². The Bertz CT molecular complexity index is 1380. The molecule has 0 aliphatic heterocycles. The molecule has 1 aliphatic rings. The first-order chi connectivity index (χ1) is 19.2. The van der Waals surface area contributed by atoms with Gasteiger partial charge in [-0.05, 0) is 39.8 Å². The van der Waals surface area contributed by atoms with Crippen molar-refractivity contribution in [3.63, 3.8) is 0 Å². The largest absolute Gasteiger partial charge is 0.447 e. The van der Waals surface area contributed by atoms with Gasteiger partial charge in [-0.2, -0.15) is 0 Å². The summed E-state index contributed by atoms with van der Waals surface area (Å²) in [6.45, 7) is 0.104. The summed E-state index contributed by atoms with van der Waals surface area (Å²) >= 11 is 0. The molecule has 6 nitrogen and oxygen atoms in total. The van der Waals surface area contributed by atoms with Gasteiger partial charge in [0.15, 0.2) is 0 Å². The van der Waals surface area contributed by atoms with Gasteiger partial charge >= 0.3 is 6.09 Å². The molecule has 39 heavy (non-hydrogen) atoms. The zero-order valence-electron chi connectivity index (χ0n) is 21.5. The van der Waals surface area contributed by atoms with Crippen molar-refractivity contribution < 1.29 is 19.1 Å². The Labute approximate surface area is 228 Å². The Kier molecular flexibility index (Phi) is 8.24. The van der Waals surface area contributed by atoms with Crippen molar-refractivity contribution in [2.75, 3.05) is 6.61 Å². The number of fused-ring (bicyclic) bond motifs is 3. The molecule has 5 rings (SSSR count). The highest BCUT2D eigenvalue weighted by Crippen LogP contribution is 2.44. The average molecular weight is 519 g/mol. The first kappa shape index (κ1) is 26.1. The Morgan fingerprint density at radius 3 is 1.77 bits per heavy atom. The molecule has 0 saturated heterocycles. The van der Waals surface area contributed by atoms with Gasteiger partial charge in [0.25, 0.3) is 0 Å². The minimum Gasteiger partial charge on any atom is -0.447 e. The molecule has 1 N–H and O–H groups in total. The number of ether oxygens (including phenoxy) is 1. The van der Waals surface area contributed by atoms with Gasteiger partial charge in [-0.25, -0.2) is 15.2 Å². The van der Waals surface area contributed by atoms with Gasteiger partial charge < -0.3 is 14.3 Å². The fourth-order valence-corrected chi connectivity index (χ4v) is 5.17. The second-order valence-electron chi connectivity index (χ2n) is 9.63. The molecule has 0 bridgehead atoms. The number of nitrogens with one attached hydrogen (secondary N) is 1. The number of hydrazine groups is 1. The monoisotopic (exact) mass is 518 g/mol. The van der Waals surface area contributed by atoms with Crippen LogP contribution in [-0.4, -0.2) is 42.4 Å². The van der Waals surface area contributed by atoms with Crippen LogP contribution >= 0.6 is 0 Å². The lowest BCUT2D eigenvalue weighted by molar-refractivity contribution is -0.116. The van der Waals surface area contributed by atoms with E-state index in [0.717, 1.165) is 39.7 Å². The van der Waals surface area contributed by atoms with Crippen molar-refractivity contribution in [2.24, 2.45) is 0 Å². The van der Waals surface area contributed by atoms with Crippen LogP contribution in [0, 0.1) is 0 Å². The van der Waals surface area contributed by atoms with E-state index in [1.165, 1.54) is 5.01 Å². The number of aldehydes is 2. The number of amides is 1. The first-order valence-electron chi connectivity index (χ1n) is 13.1. The lowest BCUT2D eigenvalue weighted by Crippen LogP contribution is -2.56. The van der Waals surface area contributed by atoms with E-state index < -0.39 is 18.2 Å². The summed E-state index contributed by atoms with van der Waals surface area (Å²) in [7, 11) is 0. The molecule has 0 spiro atoms. The molecule has 6 heteroatoms. The van der Waals surface area contributed by atoms with Gasteiger partial charge in [0, 0.05) is 12.3 Å². The summed E-state index contributed by atoms with van der Waals surface area (Å²) in [5, 5.41) is 1.18. The van der Waals surface area contributed by atoms with E-state index >= 15 is 0 Å². The highest BCUT2D eigenvalue weighted by atomic mass is 16.6. The maximum atomic E-state index is 13.6. The fourth-order valence-electron chi connectivity index (χ4n) is 5.17. The van der Waals surface area contributed by atoms with Gasteiger partial charge in [0.2, 0.25) is 0 Å². The van der Waals surface area contributed by atoms with Gasteiger partial charge in [-0.15, -0.1) is 0 Å². The summed E-state index contributed by atoms with van der Waals surface area (Å²) < 4.78 is 5.87. The topological polar surface area (TPSA) is 75.7 Å². The van der Waals surface area contributed by atoms with Crippen LogP contribution in [0.15, 0.2) is 109 Å². The third kappa shape index (κ3) is 5.97. The predicted octanol–water partition coefficient (Wildman–Crippen LogP) is 5.36. The summed E-state index contributed by atoms with van der Waals surface area (Å²) in [6.07, 6.45) is 1.39. The zero-order valence-corrected chi connectivity index (χ0v) is 21.5. The van der Waals surface area contributed by atoms with Crippen molar-refractivity contribution >= 4 is 18.7 Å². The smallest absolute Gasteiger partial charge is 0.424 e. The quantitative estimate of drug-likeness (QED) is 0.214. The van der Waals surface area contributed by atoms with Crippen molar-refractivity contribution in [1.82, 2.24) is 10.4 Å². The predicted molar refractivity (Wildman–Crippen MR) is 150 cm³/mol. The Morgan fingerprint density at radius 2 is 1.23 bits per heavy atom. The van der Waals surface area contributed by atoms with Gasteiger partial charge in [0.05, 0.1) is 6.04 Å². The molecule has 1 amide bonds. The molecule has 0 heterocycles. The van der Waals surface area contributed by atoms with Crippen molar-refractivity contribution in [1.29, 1.82) is 0 Å². The van der Waals surface area contributed by atoms with Crippen molar-refractivity contribution in [3.8, 4) is 11.1 Å². The van der Waals surface area contributed by atoms with Crippen LogP contribution in [0.2, 0.25) is 0 Å². The molecule has 0 radical (unpaired) electrons. The van der Waals surface area contributed by atoms with Gasteiger partial charge in [0.1, 0.15) is 25.2 Å². The van der Waals surface area contributed by atoms with Gasteiger partial charge in [-0.3, -0.25) is 0 Å².